The normalized spacial score (nSPS) is 23.3. The predicted molar refractivity (Wildman–Crippen MR) is 58.1 cm³/mol. The van der Waals surface area contributed by atoms with E-state index in [4.69, 9.17) is 0 Å². The molecule has 1 spiro atoms. The van der Waals surface area contributed by atoms with E-state index in [0.717, 1.165) is 13.1 Å². The first-order valence-corrected chi connectivity index (χ1v) is 5.58. The fraction of sp³-hybridized carbons (Fsp3) is 0.909. The van der Waals surface area contributed by atoms with E-state index < -0.39 is 0 Å². The van der Waals surface area contributed by atoms with Gasteiger partial charge in [0.25, 0.3) is 0 Å². The molecule has 14 heavy (non-hydrogen) atoms. The van der Waals surface area contributed by atoms with Gasteiger partial charge in [-0.05, 0) is 19.9 Å². The van der Waals surface area contributed by atoms with Crippen LogP contribution in [0.4, 0.5) is 0 Å². The van der Waals surface area contributed by atoms with Crippen molar-refractivity contribution in [2.75, 3.05) is 20.1 Å². The van der Waals surface area contributed by atoms with Gasteiger partial charge in [0.15, 0.2) is 0 Å². The maximum absolute atomic E-state index is 10.9. The summed E-state index contributed by atoms with van der Waals surface area (Å²) in [6, 6.07) is 0.708. The van der Waals surface area contributed by atoms with Crippen molar-refractivity contribution in [3.63, 3.8) is 0 Å². The van der Waals surface area contributed by atoms with Gasteiger partial charge in [-0.1, -0.05) is 13.8 Å². The van der Waals surface area contributed by atoms with Crippen molar-refractivity contribution in [3.8, 4) is 0 Å². The Bertz CT molecular complexity index is 201. The van der Waals surface area contributed by atoms with Crippen LogP contribution >= 0.6 is 0 Å². The SMILES string of the molecule is CC.CNC1CC2(C1)CN(C(C)=O)C2. The summed E-state index contributed by atoms with van der Waals surface area (Å²) in [6.45, 7) is 7.65. The van der Waals surface area contributed by atoms with Gasteiger partial charge in [0.2, 0.25) is 5.91 Å². The third-order valence-electron chi connectivity index (χ3n) is 3.26. The van der Waals surface area contributed by atoms with Gasteiger partial charge in [0, 0.05) is 31.5 Å². The lowest BCUT2D eigenvalue weighted by atomic mass is 9.60. The number of carbonyl (C=O) groups is 1. The zero-order valence-corrected chi connectivity index (χ0v) is 9.76. The molecule has 3 nitrogen and oxygen atoms in total. The number of likely N-dealkylation sites (tertiary alicyclic amines) is 1. The molecule has 2 fully saturated rings. The summed E-state index contributed by atoms with van der Waals surface area (Å²) >= 11 is 0. The first kappa shape index (κ1) is 11.5. The molecule has 1 saturated carbocycles. The van der Waals surface area contributed by atoms with Crippen molar-refractivity contribution in [1.82, 2.24) is 10.2 Å². The second-order valence-corrected chi connectivity index (χ2v) is 4.27. The van der Waals surface area contributed by atoms with Crippen LogP contribution in [0.15, 0.2) is 0 Å². The van der Waals surface area contributed by atoms with Crippen molar-refractivity contribution in [2.45, 2.75) is 39.7 Å². The molecule has 1 heterocycles. The summed E-state index contributed by atoms with van der Waals surface area (Å²) in [6.07, 6.45) is 2.51. The number of nitrogens with one attached hydrogen (secondary N) is 1. The second kappa shape index (κ2) is 4.30. The summed E-state index contributed by atoms with van der Waals surface area (Å²) < 4.78 is 0. The van der Waals surface area contributed by atoms with Crippen molar-refractivity contribution < 1.29 is 4.79 Å². The van der Waals surface area contributed by atoms with Crippen molar-refractivity contribution in [1.29, 1.82) is 0 Å². The van der Waals surface area contributed by atoms with Crippen molar-refractivity contribution in [2.24, 2.45) is 5.41 Å². The van der Waals surface area contributed by atoms with Crippen LogP contribution in [0, 0.1) is 5.41 Å². The van der Waals surface area contributed by atoms with Gasteiger partial charge in [-0.2, -0.15) is 0 Å². The highest BCUT2D eigenvalue weighted by Gasteiger charge is 2.52. The van der Waals surface area contributed by atoms with Crippen molar-refractivity contribution >= 4 is 5.91 Å². The minimum atomic E-state index is 0.230. The average Bonchev–Trinajstić information content (AvgIpc) is 2.03. The van der Waals surface area contributed by atoms with Gasteiger partial charge in [0.1, 0.15) is 0 Å². The van der Waals surface area contributed by atoms with Gasteiger partial charge < -0.3 is 10.2 Å². The van der Waals surface area contributed by atoms with Crippen LogP contribution in [-0.2, 0) is 4.79 Å². The Labute approximate surface area is 86.9 Å². The Kier molecular flexibility index (Phi) is 3.53. The highest BCUT2D eigenvalue weighted by Crippen LogP contribution is 2.48. The van der Waals surface area contributed by atoms with Crippen LogP contribution < -0.4 is 5.32 Å². The van der Waals surface area contributed by atoms with E-state index in [9.17, 15) is 4.79 Å². The molecule has 0 aromatic heterocycles. The summed E-state index contributed by atoms with van der Waals surface area (Å²) in [5.41, 5.74) is 0.513. The van der Waals surface area contributed by atoms with Crippen LogP contribution in [0.1, 0.15) is 33.6 Å². The Morgan fingerprint density at radius 2 is 1.86 bits per heavy atom. The van der Waals surface area contributed by atoms with E-state index in [1.165, 1.54) is 12.8 Å². The Morgan fingerprint density at radius 1 is 1.36 bits per heavy atom. The molecular formula is C11H22N2O. The quantitative estimate of drug-likeness (QED) is 0.687. The van der Waals surface area contributed by atoms with Crippen LogP contribution in [0.2, 0.25) is 0 Å². The molecule has 0 aromatic carbocycles. The van der Waals surface area contributed by atoms with E-state index >= 15 is 0 Å². The van der Waals surface area contributed by atoms with Gasteiger partial charge in [-0.25, -0.2) is 0 Å². The number of hydrogen-bond acceptors (Lipinski definition) is 2. The zero-order chi connectivity index (χ0) is 10.8. The monoisotopic (exact) mass is 198 g/mol. The minimum Gasteiger partial charge on any atom is -0.342 e. The third-order valence-corrected chi connectivity index (χ3v) is 3.26. The van der Waals surface area contributed by atoms with Gasteiger partial charge in [-0.15, -0.1) is 0 Å². The van der Waals surface area contributed by atoms with E-state index in [-0.39, 0.29) is 5.91 Å². The Morgan fingerprint density at radius 3 is 2.21 bits per heavy atom. The number of nitrogens with zero attached hydrogens (tertiary/aromatic N) is 1. The molecule has 82 valence electrons. The van der Waals surface area contributed by atoms with E-state index in [0.29, 0.717) is 11.5 Å². The molecule has 2 rings (SSSR count). The zero-order valence-electron chi connectivity index (χ0n) is 9.76. The van der Waals surface area contributed by atoms with Gasteiger partial charge in [-0.3, -0.25) is 4.79 Å². The largest absolute Gasteiger partial charge is 0.342 e. The molecule has 0 bridgehead atoms. The van der Waals surface area contributed by atoms with Crippen molar-refractivity contribution in [3.05, 3.63) is 0 Å². The van der Waals surface area contributed by atoms with Crippen LogP contribution in [-0.4, -0.2) is 37.0 Å². The lowest BCUT2D eigenvalue weighted by molar-refractivity contribution is -0.149. The Balaban J connectivity index is 0.000000461. The molecule has 0 unspecified atom stereocenters. The number of carbonyl (C=O) groups excluding carboxylic acids is 1. The summed E-state index contributed by atoms with van der Waals surface area (Å²) in [5, 5.41) is 3.27. The maximum atomic E-state index is 10.9. The fourth-order valence-electron chi connectivity index (χ4n) is 2.43. The molecule has 0 aromatic rings. The van der Waals surface area contributed by atoms with Gasteiger partial charge in [0.05, 0.1) is 0 Å². The highest BCUT2D eigenvalue weighted by molar-refractivity contribution is 5.74. The molecule has 0 radical (unpaired) electrons. The summed E-state index contributed by atoms with van der Waals surface area (Å²) in [7, 11) is 2.01. The minimum absolute atomic E-state index is 0.230. The smallest absolute Gasteiger partial charge is 0.219 e. The van der Waals surface area contributed by atoms with E-state index in [1.54, 1.807) is 6.92 Å². The van der Waals surface area contributed by atoms with Gasteiger partial charge >= 0.3 is 0 Å². The van der Waals surface area contributed by atoms with Crippen LogP contribution in [0.25, 0.3) is 0 Å². The Hall–Kier alpha value is -0.570. The molecule has 1 aliphatic carbocycles. The topological polar surface area (TPSA) is 32.3 Å². The summed E-state index contributed by atoms with van der Waals surface area (Å²) in [5.74, 6) is 0.230. The standard InChI is InChI=1S/C9H16N2O.C2H6/c1-7(12)11-5-9(6-11)3-8(4-9)10-2;1-2/h8,10H,3-6H2,1-2H3;1-2H3. The fourth-order valence-corrected chi connectivity index (χ4v) is 2.43. The second-order valence-electron chi connectivity index (χ2n) is 4.27. The number of rotatable bonds is 1. The lowest BCUT2D eigenvalue weighted by Crippen LogP contribution is -2.66. The molecule has 0 atom stereocenters. The van der Waals surface area contributed by atoms with E-state index in [2.05, 4.69) is 5.32 Å². The molecule has 1 N–H and O–H groups in total. The first-order chi connectivity index (χ1) is 6.65. The average molecular weight is 198 g/mol. The molecule has 1 amide bonds. The molecule has 2 aliphatic rings. The third kappa shape index (κ3) is 1.92. The molecule has 1 saturated heterocycles. The predicted octanol–water partition coefficient (Wildman–Crippen LogP) is 1.24. The number of hydrogen-bond donors (Lipinski definition) is 1. The summed E-state index contributed by atoms with van der Waals surface area (Å²) in [4.78, 5) is 12.9. The van der Waals surface area contributed by atoms with Crippen LogP contribution in [0.5, 0.6) is 0 Å². The van der Waals surface area contributed by atoms with E-state index in [1.807, 2.05) is 25.8 Å². The molecular weight excluding hydrogens is 176 g/mol. The number of amides is 1. The highest BCUT2D eigenvalue weighted by atomic mass is 16.2. The van der Waals surface area contributed by atoms with Crippen LogP contribution in [0.3, 0.4) is 0 Å². The lowest BCUT2D eigenvalue weighted by Gasteiger charge is -2.58. The first-order valence-electron chi connectivity index (χ1n) is 5.58. The maximum Gasteiger partial charge on any atom is 0.219 e. The molecule has 1 aliphatic heterocycles. The molecule has 3 heteroatoms.